The van der Waals surface area contributed by atoms with Gasteiger partial charge in [0.05, 0.1) is 13.2 Å². The molecule has 0 bridgehead atoms. The van der Waals surface area contributed by atoms with E-state index in [0.717, 1.165) is 27.8 Å². The zero-order valence-electron chi connectivity index (χ0n) is 15.8. The van der Waals surface area contributed by atoms with Crippen molar-refractivity contribution < 1.29 is 14.6 Å². The number of amides is 1. The molecule has 9 heteroatoms. The van der Waals surface area contributed by atoms with Gasteiger partial charge in [0.2, 0.25) is 0 Å². The largest absolute Gasteiger partial charge is 0.450 e. The van der Waals surface area contributed by atoms with Crippen molar-refractivity contribution in [2.45, 2.75) is 31.9 Å². The molecule has 2 aromatic rings. The van der Waals surface area contributed by atoms with E-state index in [9.17, 15) is 9.90 Å². The standard InChI is InChI=1S/C19H26N4O3S.HI/c1-2-26-19(25)23-9-7-14(8-10-23)22-18(20)21-12-15(24)17-11-13-5-3-4-6-16(13)27-17;/h3-6,11,14-15,24H,2,7-10,12H2,1H3,(H3,20,21,22);1H. The number of piperidine rings is 1. The van der Waals surface area contributed by atoms with E-state index in [0.29, 0.717) is 25.7 Å². The first-order valence-corrected chi connectivity index (χ1v) is 10.0. The number of aliphatic hydroxyl groups excluding tert-OH is 1. The number of fused-ring (bicyclic) bond motifs is 1. The average molecular weight is 518 g/mol. The van der Waals surface area contributed by atoms with Crippen LogP contribution in [0.3, 0.4) is 0 Å². The van der Waals surface area contributed by atoms with Crippen molar-refractivity contribution >= 4 is 57.5 Å². The number of carbonyl (C=O) groups is 1. The maximum Gasteiger partial charge on any atom is 0.409 e. The Labute approximate surface area is 186 Å². The van der Waals surface area contributed by atoms with Crippen LogP contribution in [-0.2, 0) is 4.74 Å². The van der Waals surface area contributed by atoms with Crippen LogP contribution in [0.2, 0.25) is 0 Å². The second kappa shape index (κ2) is 10.8. The van der Waals surface area contributed by atoms with Gasteiger partial charge in [-0.05, 0) is 37.3 Å². The van der Waals surface area contributed by atoms with Gasteiger partial charge < -0.3 is 25.8 Å². The first-order valence-electron chi connectivity index (χ1n) is 9.21. The van der Waals surface area contributed by atoms with Gasteiger partial charge in [-0.15, -0.1) is 35.3 Å². The van der Waals surface area contributed by atoms with Gasteiger partial charge in [0, 0.05) is 28.7 Å². The normalized spacial score (nSPS) is 16.5. The predicted molar refractivity (Wildman–Crippen MR) is 123 cm³/mol. The van der Waals surface area contributed by atoms with E-state index < -0.39 is 6.10 Å². The summed E-state index contributed by atoms with van der Waals surface area (Å²) in [6.45, 7) is 3.67. The lowest BCUT2D eigenvalue weighted by atomic mass is 10.1. The number of benzene rings is 1. The Bertz CT molecular complexity index is 772. The number of rotatable bonds is 5. The minimum Gasteiger partial charge on any atom is -0.450 e. The first kappa shape index (κ1) is 22.7. The number of halogens is 1. The summed E-state index contributed by atoms with van der Waals surface area (Å²) in [4.78, 5) is 18.6. The Morgan fingerprint density at radius 3 is 2.82 bits per heavy atom. The van der Waals surface area contributed by atoms with Crippen LogP contribution in [0, 0.1) is 0 Å². The van der Waals surface area contributed by atoms with Gasteiger partial charge in [-0.2, -0.15) is 0 Å². The van der Waals surface area contributed by atoms with E-state index >= 15 is 0 Å². The Morgan fingerprint density at radius 2 is 2.14 bits per heavy atom. The SMILES string of the molecule is CCOC(=O)N1CCC(NC(N)=NCC(O)c2cc3ccccc3s2)CC1.I. The molecule has 1 saturated heterocycles. The molecule has 7 nitrogen and oxygen atoms in total. The van der Waals surface area contributed by atoms with Gasteiger partial charge >= 0.3 is 6.09 Å². The fourth-order valence-corrected chi connectivity index (χ4v) is 4.16. The number of likely N-dealkylation sites (tertiary alicyclic amines) is 1. The predicted octanol–water partition coefficient (Wildman–Crippen LogP) is 3.08. The third-order valence-corrected chi connectivity index (χ3v) is 5.80. The number of hydrogen-bond acceptors (Lipinski definition) is 5. The molecule has 1 aromatic heterocycles. The zero-order valence-corrected chi connectivity index (χ0v) is 19.0. The maximum absolute atomic E-state index is 11.7. The average Bonchev–Trinajstić information content (AvgIpc) is 3.11. The summed E-state index contributed by atoms with van der Waals surface area (Å²) >= 11 is 1.57. The molecule has 2 heterocycles. The number of hydrogen-bond donors (Lipinski definition) is 3. The Balaban J connectivity index is 0.00000280. The molecular weight excluding hydrogens is 491 g/mol. The molecule has 1 fully saturated rings. The topological polar surface area (TPSA) is 100 Å². The molecule has 1 amide bonds. The lowest BCUT2D eigenvalue weighted by Crippen LogP contribution is -2.48. The summed E-state index contributed by atoms with van der Waals surface area (Å²) in [5, 5.41) is 14.7. The number of aliphatic imine (C=N–C) groups is 1. The highest BCUT2D eigenvalue weighted by Gasteiger charge is 2.23. The highest BCUT2D eigenvalue weighted by atomic mass is 127. The van der Waals surface area contributed by atoms with Crippen molar-refractivity contribution in [3.63, 3.8) is 0 Å². The molecule has 1 aliphatic rings. The number of aliphatic hydroxyl groups is 1. The molecular formula is C19H27IN4O3S. The fraction of sp³-hybridized carbons (Fsp3) is 0.474. The lowest BCUT2D eigenvalue weighted by Gasteiger charge is -2.31. The molecule has 154 valence electrons. The maximum atomic E-state index is 11.7. The summed E-state index contributed by atoms with van der Waals surface area (Å²) < 4.78 is 6.17. The molecule has 28 heavy (non-hydrogen) atoms. The second-order valence-corrected chi connectivity index (χ2v) is 7.65. The van der Waals surface area contributed by atoms with E-state index in [1.807, 2.05) is 30.3 Å². The number of guanidine groups is 1. The zero-order chi connectivity index (χ0) is 19.2. The third kappa shape index (κ3) is 5.95. The van der Waals surface area contributed by atoms with Crippen molar-refractivity contribution in [1.82, 2.24) is 10.2 Å². The summed E-state index contributed by atoms with van der Waals surface area (Å²) in [6.07, 6.45) is 0.638. The van der Waals surface area contributed by atoms with Gasteiger partial charge in [-0.25, -0.2) is 4.79 Å². The van der Waals surface area contributed by atoms with Crippen LogP contribution < -0.4 is 11.1 Å². The minimum atomic E-state index is -0.673. The van der Waals surface area contributed by atoms with E-state index in [1.165, 1.54) is 0 Å². The number of nitrogens with two attached hydrogens (primary N) is 1. The van der Waals surface area contributed by atoms with Crippen LogP contribution in [0.4, 0.5) is 4.79 Å². The van der Waals surface area contributed by atoms with Crippen LogP contribution in [-0.4, -0.2) is 54.3 Å². The third-order valence-electron chi connectivity index (χ3n) is 4.58. The molecule has 4 N–H and O–H groups in total. The quantitative estimate of drug-likeness (QED) is 0.321. The van der Waals surface area contributed by atoms with Crippen LogP contribution in [0.15, 0.2) is 35.3 Å². The molecule has 3 rings (SSSR count). The summed E-state index contributed by atoms with van der Waals surface area (Å²) in [5.41, 5.74) is 5.97. The monoisotopic (exact) mass is 518 g/mol. The Hall–Kier alpha value is -1.59. The molecule has 1 aromatic carbocycles. The number of carbonyl (C=O) groups excluding carboxylic acids is 1. The smallest absolute Gasteiger partial charge is 0.409 e. The molecule has 0 aliphatic carbocycles. The number of nitrogens with zero attached hydrogens (tertiary/aromatic N) is 2. The first-order chi connectivity index (χ1) is 13.1. The summed E-state index contributed by atoms with van der Waals surface area (Å²) in [5.74, 6) is 0.324. The summed E-state index contributed by atoms with van der Waals surface area (Å²) in [6, 6.07) is 10.2. The van der Waals surface area contributed by atoms with Crippen LogP contribution in [0.5, 0.6) is 0 Å². The summed E-state index contributed by atoms with van der Waals surface area (Å²) in [7, 11) is 0. The molecule has 1 aliphatic heterocycles. The van der Waals surface area contributed by atoms with Gasteiger partial charge in [-0.1, -0.05) is 18.2 Å². The van der Waals surface area contributed by atoms with Gasteiger partial charge in [0.15, 0.2) is 5.96 Å². The molecule has 0 radical (unpaired) electrons. The second-order valence-electron chi connectivity index (χ2n) is 6.53. The molecule has 1 atom stereocenters. The van der Waals surface area contributed by atoms with Gasteiger partial charge in [0.1, 0.15) is 6.10 Å². The molecule has 0 spiro atoms. The van der Waals surface area contributed by atoms with Crippen LogP contribution >= 0.6 is 35.3 Å². The van der Waals surface area contributed by atoms with E-state index in [-0.39, 0.29) is 42.7 Å². The van der Waals surface area contributed by atoms with E-state index in [1.54, 1.807) is 23.2 Å². The lowest BCUT2D eigenvalue weighted by molar-refractivity contribution is 0.0963. The highest BCUT2D eigenvalue weighted by Crippen LogP contribution is 2.29. The van der Waals surface area contributed by atoms with Crippen molar-refractivity contribution in [2.75, 3.05) is 26.2 Å². The van der Waals surface area contributed by atoms with Gasteiger partial charge in [-0.3, -0.25) is 4.99 Å². The number of ether oxygens (including phenoxy) is 1. The number of thiophene rings is 1. The highest BCUT2D eigenvalue weighted by molar-refractivity contribution is 14.0. The Morgan fingerprint density at radius 1 is 1.43 bits per heavy atom. The fourth-order valence-electron chi connectivity index (χ4n) is 3.12. The molecule has 1 unspecified atom stereocenters. The van der Waals surface area contributed by atoms with Gasteiger partial charge in [0.25, 0.3) is 0 Å². The van der Waals surface area contributed by atoms with Crippen molar-refractivity contribution in [3.8, 4) is 0 Å². The van der Waals surface area contributed by atoms with E-state index in [4.69, 9.17) is 10.5 Å². The van der Waals surface area contributed by atoms with Crippen molar-refractivity contribution in [2.24, 2.45) is 10.7 Å². The van der Waals surface area contributed by atoms with Crippen LogP contribution in [0.25, 0.3) is 10.1 Å². The van der Waals surface area contributed by atoms with Crippen molar-refractivity contribution in [1.29, 1.82) is 0 Å². The van der Waals surface area contributed by atoms with Crippen LogP contribution in [0.1, 0.15) is 30.7 Å². The Kier molecular flexibility index (Phi) is 8.77. The minimum absolute atomic E-state index is 0. The van der Waals surface area contributed by atoms with Crippen molar-refractivity contribution in [3.05, 3.63) is 35.2 Å². The number of nitrogens with one attached hydrogen (secondary N) is 1. The van der Waals surface area contributed by atoms with E-state index in [2.05, 4.69) is 10.3 Å². The molecule has 0 saturated carbocycles.